The van der Waals surface area contributed by atoms with Gasteiger partial charge in [0.15, 0.2) is 0 Å². The summed E-state index contributed by atoms with van der Waals surface area (Å²) in [6.07, 6.45) is -0.421. The molecule has 0 aromatic heterocycles. The van der Waals surface area contributed by atoms with Gasteiger partial charge in [-0.2, -0.15) is 13.2 Å². The molecule has 0 N–H and O–H groups in total. The zero-order valence-corrected chi connectivity index (χ0v) is 11.1. The molecule has 1 aliphatic heterocycles. The summed E-state index contributed by atoms with van der Waals surface area (Å²) in [5, 5.41) is 0. The van der Waals surface area contributed by atoms with Crippen molar-refractivity contribution >= 4 is 23.3 Å². The van der Waals surface area contributed by atoms with E-state index < -0.39 is 45.5 Å². The minimum atomic E-state index is -6.02. The minimum Gasteiger partial charge on any atom is -0.491 e. The first kappa shape index (κ1) is 15.8. The second-order valence-electron chi connectivity index (χ2n) is 4.22. The Balaban J connectivity index is 2.36. The molecule has 1 aliphatic rings. The minimum absolute atomic E-state index is 0.371. The van der Waals surface area contributed by atoms with Gasteiger partial charge in [0.2, 0.25) is 0 Å². The monoisotopic (exact) mass is 325 g/mol. The number of rotatable bonds is 3. The zero-order valence-electron chi connectivity index (χ0n) is 10.2. The van der Waals surface area contributed by atoms with E-state index in [-0.39, 0.29) is 0 Å². The molecule has 114 valence electrons. The van der Waals surface area contributed by atoms with Gasteiger partial charge in [-0.15, -0.1) is 4.22 Å². The molecule has 11 heteroatoms. The van der Waals surface area contributed by atoms with Crippen LogP contribution in [-0.4, -0.2) is 37.5 Å². The van der Waals surface area contributed by atoms with E-state index in [1.54, 1.807) is 18.2 Å². The van der Waals surface area contributed by atoms with Crippen molar-refractivity contribution in [3.8, 4) is 0 Å². The Morgan fingerprint density at radius 2 is 1.81 bits per heavy atom. The van der Waals surface area contributed by atoms with E-state index >= 15 is 0 Å². The third-order valence-electron chi connectivity index (χ3n) is 2.83. The van der Waals surface area contributed by atoms with Crippen LogP contribution in [0.25, 0.3) is 0 Å². The second kappa shape index (κ2) is 5.30. The molecule has 1 atom stereocenters. The van der Waals surface area contributed by atoms with Crippen LogP contribution in [-0.2, 0) is 25.9 Å². The summed E-state index contributed by atoms with van der Waals surface area (Å²) >= 11 is 0. The number of benzene rings is 1. The molecule has 1 heterocycles. The summed E-state index contributed by atoms with van der Waals surface area (Å²) in [5.41, 5.74) is -5.35. The molecule has 0 aliphatic carbocycles. The molecule has 0 bridgehead atoms. The van der Waals surface area contributed by atoms with E-state index in [2.05, 4.69) is 4.65 Å². The first-order valence-electron chi connectivity index (χ1n) is 5.63. The molecular formula is C10H8BF4NO4S. The summed E-state index contributed by atoms with van der Waals surface area (Å²) in [6, 6.07) is 5.76. The standard InChI is InChI=1S/C10H8BF4NO4S/c12-10(13,14)21(18,19)16-8(9(17)20-11(16)15)6-7-4-2-1-3-5-7/h1-5,8H,6H2/t8-/m0/s1. The number of sulfonamides is 1. The van der Waals surface area contributed by atoms with Crippen molar-refractivity contribution in [2.75, 3.05) is 0 Å². The van der Waals surface area contributed by atoms with Crippen LogP contribution in [0.4, 0.5) is 17.5 Å². The zero-order chi connectivity index (χ0) is 15.8. The van der Waals surface area contributed by atoms with Crippen LogP contribution in [0.5, 0.6) is 0 Å². The van der Waals surface area contributed by atoms with Gasteiger partial charge in [0.1, 0.15) is 6.04 Å². The van der Waals surface area contributed by atoms with Crippen LogP contribution in [0, 0.1) is 0 Å². The number of hydrogen-bond acceptors (Lipinski definition) is 4. The molecule has 1 aromatic carbocycles. The summed E-state index contributed by atoms with van der Waals surface area (Å²) in [6.45, 7) is 0. The largest absolute Gasteiger partial charge is 0.686 e. The Labute approximate surface area is 117 Å². The molecule has 1 saturated heterocycles. The third kappa shape index (κ3) is 2.88. The predicted molar refractivity (Wildman–Crippen MR) is 63.7 cm³/mol. The molecule has 0 unspecified atom stereocenters. The Hall–Kier alpha value is -1.62. The maximum atomic E-state index is 13.4. The normalized spacial score (nSPS) is 20.7. The third-order valence-corrected chi connectivity index (χ3v) is 4.39. The van der Waals surface area contributed by atoms with Crippen molar-refractivity contribution in [2.45, 2.75) is 18.0 Å². The summed E-state index contributed by atoms with van der Waals surface area (Å²) in [4.78, 5) is 11.4. The van der Waals surface area contributed by atoms with E-state index in [0.29, 0.717) is 5.56 Å². The maximum Gasteiger partial charge on any atom is 0.686 e. The van der Waals surface area contributed by atoms with Gasteiger partial charge in [-0.3, -0.25) is 9.11 Å². The van der Waals surface area contributed by atoms with Crippen molar-refractivity contribution in [3.05, 3.63) is 35.9 Å². The quantitative estimate of drug-likeness (QED) is 0.620. The van der Waals surface area contributed by atoms with Gasteiger partial charge in [0.25, 0.3) is 0 Å². The molecule has 0 spiro atoms. The molecular weight excluding hydrogens is 317 g/mol. The Morgan fingerprint density at radius 1 is 1.24 bits per heavy atom. The van der Waals surface area contributed by atoms with Gasteiger partial charge in [0.05, 0.1) is 0 Å². The maximum absolute atomic E-state index is 13.4. The molecule has 1 fully saturated rings. The highest BCUT2D eigenvalue weighted by Gasteiger charge is 2.63. The lowest BCUT2D eigenvalue weighted by molar-refractivity contribution is -0.134. The van der Waals surface area contributed by atoms with Gasteiger partial charge < -0.3 is 4.65 Å². The average molecular weight is 325 g/mol. The molecule has 2 rings (SSSR count). The van der Waals surface area contributed by atoms with E-state index in [0.717, 1.165) is 0 Å². The first-order chi connectivity index (χ1) is 9.64. The number of hydrogen-bond donors (Lipinski definition) is 0. The fraction of sp³-hybridized carbons (Fsp3) is 0.300. The Bertz CT molecular complexity index is 636. The van der Waals surface area contributed by atoms with Gasteiger partial charge >= 0.3 is 28.8 Å². The van der Waals surface area contributed by atoms with Crippen molar-refractivity contribution in [1.29, 1.82) is 0 Å². The van der Waals surface area contributed by atoms with E-state index in [9.17, 15) is 30.7 Å². The number of halogens is 4. The average Bonchev–Trinajstić information content (AvgIpc) is 2.64. The number of carbonyl (C=O) groups is 1. The van der Waals surface area contributed by atoms with E-state index in [4.69, 9.17) is 0 Å². The van der Waals surface area contributed by atoms with Gasteiger partial charge in [-0.1, -0.05) is 30.3 Å². The van der Waals surface area contributed by atoms with Gasteiger partial charge in [0, 0.05) is 0 Å². The SMILES string of the molecule is O=C1OB(F)N(S(=O)(=O)C(F)(F)F)[C@H]1Cc1ccccc1. The lowest BCUT2D eigenvalue weighted by Crippen LogP contribution is -2.49. The van der Waals surface area contributed by atoms with E-state index in [1.807, 2.05) is 0 Å². The fourth-order valence-corrected chi connectivity index (χ4v) is 2.87. The van der Waals surface area contributed by atoms with Crippen LogP contribution in [0.2, 0.25) is 0 Å². The van der Waals surface area contributed by atoms with Crippen LogP contribution in [0.1, 0.15) is 5.56 Å². The van der Waals surface area contributed by atoms with Crippen LogP contribution in [0.3, 0.4) is 0 Å². The van der Waals surface area contributed by atoms with Gasteiger partial charge in [-0.05, 0) is 12.0 Å². The molecule has 0 saturated carbocycles. The van der Waals surface area contributed by atoms with Crippen LogP contribution >= 0.6 is 0 Å². The van der Waals surface area contributed by atoms with Crippen molar-refractivity contribution < 1.29 is 35.4 Å². The van der Waals surface area contributed by atoms with Crippen molar-refractivity contribution in [2.24, 2.45) is 0 Å². The number of nitrogens with zero attached hydrogens (tertiary/aromatic N) is 1. The topological polar surface area (TPSA) is 63.7 Å². The predicted octanol–water partition coefficient (Wildman–Crippen LogP) is 1.26. The number of alkyl halides is 3. The van der Waals surface area contributed by atoms with Crippen molar-refractivity contribution in [3.63, 3.8) is 0 Å². The van der Waals surface area contributed by atoms with Crippen LogP contribution < -0.4 is 0 Å². The second-order valence-corrected chi connectivity index (χ2v) is 6.05. The lowest BCUT2D eigenvalue weighted by Gasteiger charge is -2.21. The van der Waals surface area contributed by atoms with Gasteiger partial charge in [-0.25, -0.2) is 8.42 Å². The smallest absolute Gasteiger partial charge is 0.491 e. The summed E-state index contributed by atoms with van der Waals surface area (Å²) in [7, 11) is -9.00. The molecule has 21 heavy (non-hydrogen) atoms. The molecule has 1 aromatic rings. The van der Waals surface area contributed by atoms with E-state index in [1.165, 1.54) is 12.1 Å². The highest BCUT2D eigenvalue weighted by Crippen LogP contribution is 2.33. The molecule has 0 radical (unpaired) electrons. The highest BCUT2D eigenvalue weighted by molar-refractivity contribution is 7.91. The Morgan fingerprint density at radius 3 is 2.33 bits per heavy atom. The Kier molecular flexibility index (Phi) is 3.98. The fourth-order valence-electron chi connectivity index (χ4n) is 1.88. The number of carbonyl (C=O) groups excluding carboxylic acids is 1. The summed E-state index contributed by atoms with van der Waals surface area (Å²) in [5.74, 6) is -1.36. The lowest BCUT2D eigenvalue weighted by atomic mass is 10.1. The molecule has 0 amide bonds. The summed E-state index contributed by atoms with van der Waals surface area (Å²) < 4.78 is 77.1. The van der Waals surface area contributed by atoms with Crippen LogP contribution in [0.15, 0.2) is 30.3 Å². The first-order valence-corrected chi connectivity index (χ1v) is 7.07. The van der Waals surface area contributed by atoms with Crippen molar-refractivity contribution in [1.82, 2.24) is 4.22 Å². The highest BCUT2D eigenvalue weighted by atomic mass is 32.2. The molecule has 5 nitrogen and oxygen atoms in total.